The van der Waals surface area contributed by atoms with Gasteiger partial charge in [0.2, 0.25) is 21.1 Å². The summed E-state index contributed by atoms with van der Waals surface area (Å²) < 4.78 is 24.4. The molecule has 0 aliphatic carbocycles. The van der Waals surface area contributed by atoms with Gasteiger partial charge in [0, 0.05) is 18.8 Å². The molecule has 2 rings (SSSR count). The molecule has 10 heteroatoms. The highest BCUT2D eigenvalue weighted by Crippen LogP contribution is 2.20. The lowest BCUT2D eigenvalue weighted by atomic mass is 10.2. The highest BCUT2D eigenvalue weighted by atomic mass is 32.2. The van der Waals surface area contributed by atoms with Crippen molar-refractivity contribution in [2.75, 3.05) is 25.1 Å². The van der Waals surface area contributed by atoms with Gasteiger partial charge in [-0.05, 0) is 19.8 Å². The third-order valence-electron chi connectivity index (χ3n) is 3.14. The Morgan fingerprint density at radius 3 is 2.95 bits per heavy atom. The first-order valence-electron chi connectivity index (χ1n) is 6.64. The number of sulfonamides is 1. The van der Waals surface area contributed by atoms with Crippen LogP contribution < -0.4 is 5.32 Å². The molecule has 1 fully saturated rings. The minimum absolute atomic E-state index is 0.232. The molecule has 0 spiro atoms. The monoisotopic (exact) mass is 333 g/mol. The van der Waals surface area contributed by atoms with E-state index in [1.54, 1.807) is 0 Å². The zero-order chi connectivity index (χ0) is 15.5. The molecule has 8 nitrogen and oxygen atoms in total. The summed E-state index contributed by atoms with van der Waals surface area (Å²) in [6, 6.07) is -0.573. The Bertz CT molecular complexity index is 601. The van der Waals surface area contributed by atoms with Crippen molar-refractivity contribution >= 4 is 27.7 Å². The van der Waals surface area contributed by atoms with Gasteiger partial charge in [-0.2, -0.15) is 4.31 Å². The molecular formula is C11H19N5O3S2. The minimum atomic E-state index is -3.32. The Kier molecular flexibility index (Phi) is 5.22. The number of aromatic amines is 1. The SMILES string of the molecule is Cc1nc(SCCNC(=O)[C@@H]2CCCN2S(C)(=O)=O)n[nH]1. The van der Waals surface area contributed by atoms with E-state index in [0.717, 1.165) is 18.5 Å². The van der Waals surface area contributed by atoms with Crippen LogP contribution in [0.5, 0.6) is 0 Å². The standard InChI is InChI=1S/C11H19N5O3S2/c1-8-13-11(15-14-8)20-7-5-12-10(17)9-4-3-6-16(9)21(2,18)19/h9H,3-7H2,1-2H3,(H,12,17)(H,13,14,15)/t9-/m0/s1. The van der Waals surface area contributed by atoms with E-state index in [-0.39, 0.29) is 5.91 Å². The molecule has 1 aromatic rings. The van der Waals surface area contributed by atoms with Crippen LogP contribution in [0.4, 0.5) is 0 Å². The second-order valence-electron chi connectivity index (χ2n) is 4.87. The van der Waals surface area contributed by atoms with Crippen molar-refractivity contribution in [3.63, 3.8) is 0 Å². The van der Waals surface area contributed by atoms with Gasteiger partial charge in [0.1, 0.15) is 11.9 Å². The topological polar surface area (TPSA) is 108 Å². The number of carbonyl (C=O) groups is 1. The fourth-order valence-corrected chi connectivity index (χ4v) is 4.04. The van der Waals surface area contributed by atoms with Crippen LogP contribution in [0.1, 0.15) is 18.7 Å². The molecule has 1 amide bonds. The van der Waals surface area contributed by atoms with E-state index in [0.29, 0.717) is 30.4 Å². The molecule has 0 radical (unpaired) electrons. The van der Waals surface area contributed by atoms with Crippen LogP contribution >= 0.6 is 11.8 Å². The van der Waals surface area contributed by atoms with Gasteiger partial charge in [-0.3, -0.25) is 9.89 Å². The van der Waals surface area contributed by atoms with Crippen LogP contribution in [0.3, 0.4) is 0 Å². The van der Waals surface area contributed by atoms with Gasteiger partial charge < -0.3 is 5.32 Å². The van der Waals surface area contributed by atoms with Gasteiger partial charge in [0.25, 0.3) is 0 Å². The van der Waals surface area contributed by atoms with Gasteiger partial charge in [0.05, 0.1) is 6.26 Å². The first-order valence-corrected chi connectivity index (χ1v) is 9.47. The summed E-state index contributed by atoms with van der Waals surface area (Å²) in [5.74, 6) is 1.15. The Morgan fingerprint density at radius 1 is 1.57 bits per heavy atom. The summed E-state index contributed by atoms with van der Waals surface area (Å²) in [5, 5.41) is 10.1. The van der Waals surface area contributed by atoms with E-state index < -0.39 is 16.1 Å². The molecule has 1 aliphatic heterocycles. The average molecular weight is 333 g/mol. The highest BCUT2D eigenvalue weighted by Gasteiger charge is 2.36. The van der Waals surface area contributed by atoms with Gasteiger partial charge in [-0.15, -0.1) is 5.10 Å². The van der Waals surface area contributed by atoms with Crippen LogP contribution in [-0.4, -0.2) is 65.0 Å². The molecule has 1 saturated heterocycles. The predicted octanol–water partition coefficient (Wildman–Crippen LogP) is -0.255. The quantitative estimate of drug-likeness (QED) is 0.549. The molecule has 1 aromatic heterocycles. The number of thioether (sulfide) groups is 1. The fourth-order valence-electron chi connectivity index (χ4n) is 2.22. The zero-order valence-corrected chi connectivity index (χ0v) is 13.6. The molecule has 118 valence electrons. The van der Waals surface area contributed by atoms with Crippen LogP contribution in [0.15, 0.2) is 5.16 Å². The zero-order valence-electron chi connectivity index (χ0n) is 12.0. The average Bonchev–Trinajstić information content (AvgIpc) is 3.02. The maximum atomic E-state index is 12.1. The van der Waals surface area contributed by atoms with Crippen molar-refractivity contribution < 1.29 is 13.2 Å². The maximum Gasteiger partial charge on any atom is 0.238 e. The van der Waals surface area contributed by atoms with Crippen molar-refractivity contribution in [1.29, 1.82) is 0 Å². The Labute approximate surface area is 128 Å². The highest BCUT2D eigenvalue weighted by molar-refractivity contribution is 7.99. The lowest BCUT2D eigenvalue weighted by Gasteiger charge is -2.21. The van der Waals surface area contributed by atoms with E-state index >= 15 is 0 Å². The largest absolute Gasteiger partial charge is 0.354 e. The number of rotatable bonds is 6. The summed E-state index contributed by atoms with van der Waals surface area (Å²) in [5.41, 5.74) is 0. The number of carbonyl (C=O) groups excluding carboxylic acids is 1. The molecule has 2 N–H and O–H groups in total. The van der Waals surface area contributed by atoms with Crippen LogP contribution in [0.2, 0.25) is 0 Å². The third-order valence-corrected chi connectivity index (χ3v) is 5.28. The third kappa shape index (κ3) is 4.42. The van der Waals surface area contributed by atoms with Crippen LogP contribution in [0, 0.1) is 6.92 Å². The Balaban J connectivity index is 1.76. The van der Waals surface area contributed by atoms with E-state index in [1.807, 2.05) is 6.92 Å². The molecule has 21 heavy (non-hydrogen) atoms. The molecule has 0 unspecified atom stereocenters. The Hall–Kier alpha value is -1.13. The maximum absolute atomic E-state index is 12.1. The van der Waals surface area contributed by atoms with Crippen molar-refractivity contribution in [1.82, 2.24) is 24.8 Å². The number of amides is 1. The molecule has 2 heterocycles. The van der Waals surface area contributed by atoms with Gasteiger partial charge in [-0.25, -0.2) is 13.4 Å². The summed E-state index contributed by atoms with van der Waals surface area (Å²) >= 11 is 1.43. The van der Waals surface area contributed by atoms with Gasteiger partial charge in [0.15, 0.2) is 0 Å². The lowest BCUT2D eigenvalue weighted by molar-refractivity contribution is -0.124. The number of nitrogens with one attached hydrogen (secondary N) is 2. The molecule has 1 atom stereocenters. The smallest absolute Gasteiger partial charge is 0.238 e. The number of nitrogens with zero attached hydrogens (tertiary/aromatic N) is 3. The number of hydrogen-bond acceptors (Lipinski definition) is 6. The van der Waals surface area contributed by atoms with E-state index in [4.69, 9.17) is 0 Å². The second kappa shape index (κ2) is 6.75. The van der Waals surface area contributed by atoms with E-state index in [9.17, 15) is 13.2 Å². The summed E-state index contributed by atoms with van der Waals surface area (Å²) in [7, 11) is -3.32. The predicted molar refractivity (Wildman–Crippen MR) is 79.4 cm³/mol. The number of aryl methyl sites for hydroxylation is 1. The number of H-pyrrole nitrogens is 1. The van der Waals surface area contributed by atoms with Crippen molar-refractivity contribution in [2.24, 2.45) is 0 Å². The fraction of sp³-hybridized carbons (Fsp3) is 0.727. The minimum Gasteiger partial charge on any atom is -0.354 e. The summed E-state index contributed by atoms with van der Waals surface area (Å²) in [6.07, 6.45) is 2.43. The number of hydrogen-bond donors (Lipinski definition) is 2. The van der Waals surface area contributed by atoms with E-state index in [1.165, 1.54) is 16.1 Å². The first-order chi connectivity index (χ1) is 9.88. The van der Waals surface area contributed by atoms with Crippen molar-refractivity contribution in [2.45, 2.75) is 31.0 Å². The van der Waals surface area contributed by atoms with Crippen LogP contribution in [0.25, 0.3) is 0 Å². The van der Waals surface area contributed by atoms with E-state index in [2.05, 4.69) is 20.5 Å². The second-order valence-corrected chi connectivity index (χ2v) is 7.87. The molecule has 0 saturated carbocycles. The number of aromatic nitrogens is 3. The van der Waals surface area contributed by atoms with Crippen LogP contribution in [-0.2, 0) is 14.8 Å². The first kappa shape index (κ1) is 16.2. The molecule has 0 aromatic carbocycles. The van der Waals surface area contributed by atoms with Crippen molar-refractivity contribution in [3.05, 3.63) is 5.82 Å². The molecule has 0 bridgehead atoms. The van der Waals surface area contributed by atoms with Crippen molar-refractivity contribution in [3.8, 4) is 0 Å². The normalized spacial score (nSPS) is 19.8. The summed E-state index contributed by atoms with van der Waals surface area (Å²) in [4.78, 5) is 16.2. The summed E-state index contributed by atoms with van der Waals surface area (Å²) in [6.45, 7) is 2.69. The molecular weight excluding hydrogens is 314 g/mol. The van der Waals surface area contributed by atoms with Gasteiger partial charge in [-0.1, -0.05) is 11.8 Å². The lowest BCUT2D eigenvalue weighted by Crippen LogP contribution is -2.45. The molecule has 1 aliphatic rings. The Morgan fingerprint density at radius 2 is 2.33 bits per heavy atom. The van der Waals surface area contributed by atoms with Gasteiger partial charge >= 0.3 is 0 Å².